The smallest absolute Gasteiger partial charge is 0.166 e. The third kappa shape index (κ3) is 7.95. The Labute approximate surface area is 65.8 Å². The summed E-state index contributed by atoms with van der Waals surface area (Å²) in [6, 6.07) is 0. The van der Waals surface area contributed by atoms with Gasteiger partial charge in [-0.1, -0.05) is 17.7 Å². The zero-order chi connectivity index (χ0) is 6.41. The van der Waals surface area contributed by atoms with E-state index in [2.05, 4.69) is 6.58 Å². The number of hydrogen-bond donors (Lipinski definition) is 1. The molecule has 9 heavy (non-hydrogen) atoms. The molecule has 0 aliphatic carbocycles. The first-order valence-electron chi connectivity index (χ1n) is 2.18. The van der Waals surface area contributed by atoms with Crippen molar-refractivity contribution in [2.75, 3.05) is 6.61 Å². The lowest BCUT2D eigenvalue weighted by atomic mass is 10.7. The minimum atomic E-state index is -0.604. The molecular formula is C5H9Cl2NO. The first-order chi connectivity index (χ1) is 3.81. The molecule has 4 heteroatoms. The molecular weight excluding hydrogens is 161 g/mol. The molecule has 0 aliphatic heterocycles. The van der Waals surface area contributed by atoms with E-state index in [1.54, 1.807) is 6.08 Å². The summed E-state index contributed by atoms with van der Waals surface area (Å²) >= 11 is 5.33. The molecule has 54 valence electrons. The average molecular weight is 170 g/mol. The van der Waals surface area contributed by atoms with E-state index in [-0.39, 0.29) is 12.4 Å². The Kier molecular flexibility index (Phi) is 10.3. The van der Waals surface area contributed by atoms with Crippen LogP contribution in [0.4, 0.5) is 0 Å². The predicted molar refractivity (Wildman–Crippen MR) is 41.8 cm³/mol. The zero-order valence-electron chi connectivity index (χ0n) is 4.84. The van der Waals surface area contributed by atoms with E-state index in [0.29, 0.717) is 6.61 Å². The first-order valence-corrected chi connectivity index (χ1v) is 2.62. The van der Waals surface area contributed by atoms with Crippen LogP contribution in [-0.2, 0) is 4.74 Å². The number of nitrogens with one attached hydrogen (secondary N) is 1. The van der Waals surface area contributed by atoms with Gasteiger partial charge in [0.2, 0.25) is 0 Å². The van der Waals surface area contributed by atoms with Gasteiger partial charge in [0, 0.05) is 6.21 Å². The van der Waals surface area contributed by atoms with Crippen LogP contribution in [0.3, 0.4) is 0 Å². The largest absolute Gasteiger partial charge is 0.353 e. The Morgan fingerprint density at radius 1 is 1.78 bits per heavy atom. The van der Waals surface area contributed by atoms with Crippen molar-refractivity contribution < 1.29 is 4.74 Å². The lowest BCUT2D eigenvalue weighted by Gasteiger charge is -1.99. The Morgan fingerprint density at radius 3 is 2.67 bits per heavy atom. The molecule has 0 rings (SSSR count). The number of halogens is 2. The van der Waals surface area contributed by atoms with Crippen LogP contribution in [0.5, 0.6) is 0 Å². The number of rotatable bonds is 4. The van der Waals surface area contributed by atoms with Gasteiger partial charge in [-0.15, -0.1) is 19.0 Å². The third-order valence-corrected chi connectivity index (χ3v) is 0.756. The Hall–Kier alpha value is -0.0500. The van der Waals surface area contributed by atoms with E-state index in [4.69, 9.17) is 21.7 Å². The van der Waals surface area contributed by atoms with Gasteiger partial charge < -0.3 is 10.1 Å². The summed E-state index contributed by atoms with van der Waals surface area (Å²) in [6.07, 6.45) is 2.60. The lowest BCUT2D eigenvalue weighted by molar-refractivity contribution is 0.179. The van der Waals surface area contributed by atoms with E-state index < -0.39 is 5.56 Å². The van der Waals surface area contributed by atoms with Gasteiger partial charge in [-0.3, -0.25) is 0 Å². The molecule has 0 spiro atoms. The van der Waals surface area contributed by atoms with E-state index in [1.165, 1.54) is 0 Å². The van der Waals surface area contributed by atoms with Crippen molar-refractivity contribution in [1.29, 1.82) is 5.41 Å². The molecule has 0 aromatic rings. The lowest BCUT2D eigenvalue weighted by Crippen LogP contribution is -2.04. The minimum absolute atomic E-state index is 0. The van der Waals surface area contributed by atoms with Crippen molar-refractivity contribution >= 4 is 30.2 Å². The fourth-order valence-corrected chi connectivity index (χ4v) is 0.281. The molecule has 0 amide bonds. The summed E-state index contributed by atoms with van der Waals surface area (Å²) in [5, 5.41) is 6.57. The van der Waals surface area contributed by atoms with Crippen LogP contribution < -0.4 is 0 Å². The zero-order valence-corrected chi connectivity index (χ0v) is 6.41. The molecule has 2 nitrogen and oxygen atoms in total. The first kappa shape index (κ1) is 11.7. The molecule has 1 unspecified atom stereocenters. The second-order valence-corrected chi connectivity index (χ2v) is 1.57. The van der Waals surface area contributed by atoms with Crippen molar-refractivity contribution in [3.05, 3.63) is 12.7 Å². The van der Waals surface area contributed by atoms with Gasteiger partial charge in [0.15, 0.2) is 5.56 Å². The van der Waals surface area contributed by atoms with Gasteiger partial charge in [0.25, 0.3) is 0 Å². The Morgan fingerprint density at radius 2 is 2.33 bits per heavy atom. The second kappa shape index (κ2) is 7.95. The van der Waals surface area contributed by atoms with Gasteiger partial charge >= 0.3 is 0 Å². The molecule has 0 fully saturated rings. The predicted octanol–water partition coefficient (Wildman–Crippen LogP) is 1.83. The van der Waals surface area contributed by atoms with Crippen molar-refractivity contribution in [1.82, 2.24) is 0 Å². The van der Waals surface area contributed by atoms with Crippen LogP contribution in [0, 0.1) is 5.41 Å². The molecule has 1 N–H and O–H groups in total. The fourth-order valence-electron chi connectivity index (χ4n) is 0.208. The summed E-state index contributed by atoms with van der Waals surface area (Å²) in [4.78, 5) is 0. The van der Waals surface area contributed by atoms with Gasteiger partial charge in [-0.25, -0.2) is 0 Å². The Bertz CT molecular complexity index is 87.0. The van der Waals surface area contributed by atoms with E-state index in [0.717, 1.165) is 6.21 Å². The molecule has 0 saturated carbocycles. The number of ether oxygens (including phenoxy) is 1. The SMILES string of the molecule is C=CCOC(Cl)C=N.Cl. The standard InChI is InChI=1S/C5H8ClNO.ClH/c1-2-3-8-5(6)4-7;/h2,4-5,7H,1,3H2;1H. The third-order valence-electron chi connectivity index (χ3n) is 0.504. The van der Waals surface area contributed by atoms with Crippen molar-refractivity contribution in [3.8, 4) is 0 Å². The highest BCUT2D eigenvalue weighted by Gasteiger charge is 1.93. The van der Waals surface area contributed by atoms with Gasteiger partial charge in [0.05, 0.1) is 6.61 Å². The van der Waals surface area contributed by atoms with Gasteiger partial charge in [0.1, 0.15) is 0 Å². The van der Waals surface area contributed by atoms with Crippen LogP contribution in [0.15, 0.2) is 12.7 Å². The molecule has 0 radical (unpaired) electrons. The normalized spacial score (nSPS) is 11.2. The number of alkyl halides is 1. The molecule has 0 heterocycles. The average Bonchev–Trinajstić information content (AvgIpc) is 1.83. The Balaban J connectivity index is 0. The minimum Gasteiger partial charge on any atom is -0.353 e. The van der Waals surface area contributed by atoms with E-state index in [1.807, 2.05) is 0 Å². The molecule has 0 aromatic carbocycles. The van der Waals surface area contributed by atoms with Crippen LogP contribution in [0.25, 0.3) is 0 Å². The highest BCUT2D eigenvalue weighted by atomic mass is 35.5. The highest BCUT2D eigenvalue weighted by molar-refractivity contribution is 6.26. The molecule has 0 aromatic heterocycles. The molecule has 1 atom stereocenters. The maximum atomic E-state index is 6.57. The maximum absolute atomic E-state index is 6.57. The summed E-state index contributed by atoms with van der Waals surface area (Å²) < 4.78 is 4.74. The van der Waals surface area contributed by atoms with Crippen LogP contribution in [0.1, 0.15) is 0 Å². The highest BCUT2D eigenvalue weighted by Crippen LogP contribution is 1.92. The summed E-state index contributed by atoms with van der Waals surface area (Å²) in [7, 11) is 0. The van der Waals surface area contributed by atoms with Crippen molar-refractivity contribution in [2.24, 2.45) is 0 Å². The molecule has 0 bridgehead atoms. The van der Waals surface area contributed by atoms with E-state index in [9.17, 15) is 0 Å². The molecule has 0 aliphatic rings. The van der Waals surface area contributed by atoms with Gasteiger partial charge in [-0.05, 0) is 0 Å². The second-order valence-electron chi connectivity index (χ2n) is 1.14. The fraction of sp³-hybridized carbons (Fsp3) is 0.400. The van der Waals surface area contributed by atoms with E-state index >= 15 is 0 Å². The summed E-state index contributed by atoms with van der Waals surface area (Å²) in [5.41, 5.74) is -0.604. The van der Waals surface area contributed by atoms with Crippen LogP contribution in [-0.4, -0.2) is 18.4 Å². The summed E-state index contributed by atoms with van der Waals surface area (Å²) in [6.45, 7) is 3.80. The maximum Gasteiger partial charge on any atom is 0.166 e. The van der Waals surface area contributed by atoms with Crippen molar-refractivity contribution in [2.45, 2.75) is 5.56 Å². The van der Waals surface area contributed by atoms with Crippen LogP contribution >= 0.6 is 24.0 Å². The summed E-state index contributed by atoms with van der Waals surface area (Å²) in [5.74, 6) is 0. The number of hydrogen-bond acceptors (Lipinski definition) is 2. The molecule has 0 saturated heterocycles. The van der Waals surface area contributed by atoms with Crippen molar-refractivity contribution in [3.63, 3.8) is 0 Å². The van der Waals surface area contributed by atoms with Crippen LogP contribution in [0.2, 0.25) is 0 Å². The van der Waals surface area contributed by atoms with Gasteiger partial charge in [-0.2, -0.15) is 0 Å². The quantitative estimate of drug-likeness (QED) is 0.389. The topological polar surface area (TPSA) is 33.1 Å². The monoisotopic (exact) mass is 169 g/mol.